The predicted octanol–water partition coefficient (Wildman–Crippen LogP) is 3.52. The summed E-state index contributed by atoms with van der Waals surface area (Å²) in [6, 6.07) is 11.0. The summed E-state index contributed by atoms with van der Waals surface area (Å²) < 4.78 is 4.65. The van der Waals surface area contributed by atoms with E-state index in [0.717, 1.165) is 16.0 Å². The molecule has 0 aliphatic rings. The van der Waals surface area contributed by atoms with Gasteiger partial charge in [-0.1, -0.05) is 12.1 Å². The molecule has 0 saturated carbocycles. The minimum atomic E-state index is -0.493. The number of non-ortho nitro benzene ring substituents is 1. The number of benzene rings is 2. The van der Waals surface area contributed by atoms with Crippen LogP contribution in [-0.2, 0) is 0 Å². The van der Waals surface area contributed by atoms with Crippen LogP contribution in [-0.4, -0.2) is 21.5 Å². The molecule has 3 rings (SSSR count). The Hall–Kier alpha value is -2.41. The molecular weight excluding hydrogens is 278 g/mol. The Kier molecular flexibility index (Phi) is 3.11. The lowest BCUT2D eigenvalue weighted by Gasteiger charge is -2.03. The summed E-state index contributed by atoms with van der Waals surface area (Å²) >= 11 is 1.65. The van der Waals surface area contributed by atoms with Crippen molar-refractivity contribution in [3.05, 3.63) is 46.5 Å². The number of nitro groups is 1. The molecule has 6 nitrogen and oxygen atoms in total. The third kappa shape index (κ3) is 2.01. The third-order valence-electron chi connectivity index (χ3n) is 2.99. The lowest BCUT2D eigenvalue weighted by Crippen LogP contribution is -1.90. The Morgan fingerprint density at radius 3 is 2.45 bits per heavy atom. The van der Waals surface area contributed by atoms with E-state index in [1.54, 1.807) is 17.8 Å². The monoisotopic (exact) mass is 287 g/mol. The van der Waals surface area contributed by atoms with Gasteiger partial charge in [-0.15, -0.1) is 11.8 Å². The Balaban J connectivity index is 2.19. The van der Waals surface area contributed by atoms with E-state index in [2.05, 4.69) is 14.9 Å². The van der Waals surface area contributed by atoms with Gasteiger partial charge in [0.1, 0.15) is 5.52 Å². The molecule has 0 aliphatic heterocycles. The maximum absolute atomic E-state index is 10.9. The number of hydrogen-bond donors (Lipinski definition) is 0. The van der Waals surface area contributed by atoms with Gasteiger partial charge >= 0.3 is 5.69 Å². The number of nitro benzene ring substituents is 1. The second-order valence-electron chi connectivity index (χ2n) is 4.08. The summed E-state index contributed by atoms with van der Waals surface area (Å²) in [6.45, 7) is 0. The molecule has 0 spiro atoms. The summed E-state index contributed by atoms with van der Waals surface area (Å²) in [5.74, 6) is 0. The topological polar surface area (TPSA) is 82.1 Å². The zero-order chi connectivity index (χ0) is 14.1. The number of nitrogens with zero attached hydrogens (tertiary/aromatic N) is 3. The predicted molar refractivity (Wildman–Crippen MR) is 75.7 cm³/mol. The van der Waals surface area contributed by atoms with Gasteiger partial charge < -0.3 is 0 Å². The maximum Gasteiger partial charge on any atom is 0.300 e. The molecule has 20 heavy (non-hydrogen) atoms. The van der Waals surface area contributed by atoms with E-state index in [9.17, 15) is 10.1 Å². The number of thioether (sulfide) groups is 1. The van der Waals surface area contributed by atoms with Crippen molar-refractivity contribution in [3.63, 3.8) is 0 Å². The van der Waals surface area contributed by atoms with Gasteiger partial charge in [-0.25, -0.2) is 4.63 Å². The van der Waals surface area contributed by atoms with E-state index in [1.165, 1.54) is 6.07 Å². The number of fused-ring (bicyclic) bond motifs is 1. The molecule has 0 amide bonds. The summed E-state index contributed by atoms with van der Waals surface area (Å²) in [7, 11) is 0. The largest absolute Gasteiger partial charge is 0.300 e. The van der Waals surface area contributed by atoms with Crippen molar-refractivity contribution in [2.45, 2.75) is 4.90 Å². The molecule has 0 fully saturated rings. The van der Waals surface area contributed by atoms with Crippen molar-refractivity contribution >= 4 is 28.5 Å². The Labute approximate surface area is 117 Å². The zero-order valence-corrected chi connectivity index (χ0v) is 11.3. The highest BCUT2D eigenvalue weighted by Crippen LogP contribution is 2.32. The first-order chi connectivity index (χ1) is 9.70. The molecule has 2 aromatic carbocycles. The van der Waals surface area contributed by atoms with Crippen LogP contribution in [0, 0.1) is 10.1 Å². The van der Waals surface area contributed by atoms with Crippen LogP contribution in [0.15, 0.2) is 45.9 Å². The van der Waals surface area contributed by atoms with Crippen molar-refractivity contribution in [2.24, 2.45) is 0 Å². The van der Waals surface area contributed by atoms with Crippen LogP contribution in [0.25, 0.3) is 22.2 Å². The Morgan fingerprint density at radius 2 is 1.80 bits per heavy atom. The summed E-state index contributed by atoms with van der Waals surface area (Å²) in [5.41, 5.74) is 2.14. The number of hydrogen-bond acceptors (Lipinski definition) is 6. The van der Waals surface area contributed by atoms with Gasteiger partial charge in [-0.2, -0.15) is 0 Å². The first-order valence-corrected chi connectivity index (χ1v) is 6.97. The van der Waals surface area contributed by atoms with Gasteiger partial charge in [0.15, 0.2) is 0 Å². The average molecular weight is 287 g/mol. The van der Waals surface area contributed by atoms with E-state index in [1.807, 2.05) is 30.5 Å². The van der Waals surface area contributed by atoms with E-state index in [4.69, 9.17) is 0 Å². The molecule has 0 N–H and O–H groups in total. The molecule has 0 radical (unpaired) electrons. The second-order valence-corrected chi connectivity index (χ2v) is 4.96. The van der Waals surface area contributed by atoms with Crippen LogP contribution >= 0.6 is 11.8 Å². The van der Waals surface area contributed by atoms with Crippen LogP contribution < -0.4 is 0 Å². The fraction of sp³-hybridized carbons (Fsp3) is 0.0769. The SMILES string of the molecule is CSc1ccc(-c2ccc([N+](=O)[O-])c3nonc23)cc1. The maximum atomic E-state index is 10.9. The molecule has 100 valence electrons. The van der Waals surface area contributed by atoms with Gasteiger partial charge in [0.2, 0.25) is 5.52 Å². The van der Waals surface area contributed by atoms with Crippen molar-refractivity contribution < 1.29 is 9.55 Å². The van der Waals surface area contributed by atoms with Crippen molar-refractivity contribution in [1.29, 1.82) is 0 Å². The smallest absolute Gasteiger partial charge is 0.258 e. The van der Waals surface area contributed by atoms with Crippen molar-refractivity contribution in [1.82, 2.24) is 10.3 Å². The van der Waals surface area contributed by atoms with Crippen molar-refractivity contribution in [2.75, 3.05) is 6.26 Å². The van der Waals surface area contributed by atoms with Crippen LogP contribution in [0.5, 0.6) is 0 Å². The van der Waals surface area contributed by atoms with Crippen molar-refractivity contribution in [3.8, 4) is 11.1 Å². The highest BCUT2D eigenvalue weighted by atomic mass is 32.2. The van der Waals surface area contributed by atoms with Gasteiger partial charge in [-0.3, -0.25) is 10.1 Å². The number of aromatic nitrogens is 2. The quantitative estimate of drug-likeness (QED) is 0.416. The Morgan fingerprint density at radius 1 is 1.10 bits per heavy atom. The van der Waals surface area contributed by atoms with Gasteiger partial charge in [0.25, 0.3) is 0 Å². The summed E-state index contributed by atoms with van der Waals surface area (Å²) in [6.07, 6.45) is 2.00. The molecule has 1 heterocycles. The van der Waals surface area contributed by atoms with Gasteiger partial charge in [-0.05, 0) is 40.3 Å². The molecule has 0 saturated heterocycles. The Bertz CT molecular complexity index is 783. The van der Waals surface area contributed by atoms with E-state index >= 15 is 0 Å². The van der Waals surface area contributed by atoms with Crippen LogP contribution in [0.2, 0.25) is 0 Å². The van der Waals surface area contributed by atoms with E-state index < -0.39 is 4.92 Å². The average Bonchev–Trinajstić information content (AvgIpc) is 2.95. The molecule has 1 aromatic heterocycles. The molecule has 3 aromatic rings. The lowest BCUT2D eigenvalue weighted by atomic mass is 10.0. The molecule has 0 unspecified atom stereocenters. The van der Waals surface area contributed by atoms with Crippen LogP contribution in [0.4, 0.5) is 5.69 Å². The summed E-state index contributed by atoms with van der Waals surface area (Å²) in [4.78, 5) is 11.6. The van der Waals surface area contributed by atoms with E-state index in [-0.39, 0.29) is 11.2 Å². The van der Waals surface area contributed by atoms with E-state index in [0.29, 0.717) is 5.52 Å². The molecule has 0 atom stereocenters. The van der Waals surface area contributed by atoms with Crippen LogP contribution in [0.1, 0.15) is 0 Å². The molecule has 0 aliphatic carbocycles. The second kappa shape index (κ2) is 4.93. The summed E-state index contributed by atoms with van der Waals surface area (Å²) in [5, 5.41) is 18.4. The van der Waals surface area contributed by atoms with Gasteiger partial charge in [0, 0.05) is 16.5 Å². The fourth-order valence-electron chi connectivity index (χ4n) is 2.00. The highest BCUT2D eigenvalue weighted by Gasteiger charge is 2.20. The number of rotatable bonds is 3. The molecule has 0 bridgehead atoms. The minimum Gasteiger partial charge on any atom is -0.258 e. The fourth-order valence-corrected chi connectivity index (χ4v) is 2.41. The molecular formula is C13H9N3O3S. The van der Waals surface area contributed by atoms with Crippen LogP contribution in [0.3, 0.4) is 0 Å². The zero-order valence-electron chi connectivity index (χ0n) is 10.4. The first-order valence-electron chi connectivity index (χ1n) is 5.75. The normalized spacial score (nSPS) is 10.8. The first kappa shape index (κ1) is 12.6. The lowest BCUT2D eigenvalue weighted by molar-refractivity contribution is -0.383. The molecule has 7 heteroatoms. The highest BCUT2D eigenvalue weighted by molar-refractivity contribution is 7.98. The third-order valence-corrected chi connectivity index (χ3v) is 3.74. The standard InChI is InChI=1S/C13H9N3O3S/c1-20-9-4-2-8(3-5-9)10-6-7-11(16(17)18)13-12(10)14-19-15-13/h2-7H,1H3. The van der Waals surface area contributed by atoms with Gasteiger partial charge in [0.05, 0.1) is 4.92 Å². The minimum absolute atomic E-state index is 0.106.